The van der Waals surface area contributed by atoms with Crippen LogP contribution in [-0.2, 0) is 19.6 Å². The third-order valence-corrected chi connectivity index (χ3v) is 5.03. The van der Waals surface area contributed by atoms with Gasteiger partial charge in [0.1, 0.15) is 6.61 Å². The van der Waals surface area contributed by atoms with Gasteiger partial charge >= 0.3 is 0 Å². The minimum absolute atomic E-state index is 0.177. The van der Waals surface area contributed by atoms with Crippen molar-refractivity contribution in [3.05, 3.63) is 69.3 Å². The Morgan fingerprint density at radius 3 is 3.00 bits per heavy atom. The standard InChI is InChI=1S/C21H23N5O2/c1-13-7-15(9-16-11-26(2)6-4-17(13)16)18-10-24-20(22)21(25-18)28-12-14-3-5-23-19(27)8-14/h3,5,7-10H,4,6,11-12H2,1-2H3,(H2,22,24)(H,23,27). The predicted molar refractivity (Wildman–Crippen MR) is 108 cm³/mol. The first-order chi connectivity index (χ1) is 13.5. The maximum absolute atomic E-state index is 11.4. The fourth-order valence-electron chi connectivity index (χ4n) is 3.57. The highest BCUT2D eigenvalue weighted by Gasteiger charge is 2.17. The Kier molecular flexibility index (Phi) is 4.83. The Labute approximate surface area is 163 Å². The second-order valence-corrected chi connectivity index (χ2v) is 7.21. The van der Waals surface area contributed by atoms with E-state index in [4.69, 9.17) is 10.5 Å². The van der Waals surface area contributed by atoms with Crippen molar-refractivity contribution >= 4 is 5.82 Å². The van der Waals surface area contributed by atoms with E-state index >= 15 is 0 Å². The third-order valence-electron chi connectivity index (χ3n) is 5.03. The molecule has 0 fully saturated rings. The molecular weight excluding hydrogens is 354 g/mol. The molecule has 2 aromatic heterocycles. The van der Waals surface area contributed by atoms with Crippen LogP contribution in [0.2, 0.25) is 0 Å². The summed E-state index contributed by atoms with van der Waals surface area (Å²) in [5.41, 5.74) is 12.2. The van der Waals surface area contributed by atoms with Gasteiger partial charge in [0.15, 0.2) is 5.82 Å². The predicted octanol–water partition coefficient (Wildman–Crippen LogP) is 2.29. The van der Waals surface area contributed by atoms with E-state index < -0.39 is 0 Å². The number of aromatic nitrogens is 3. The number of nitrogens with zero attached hydrogens (tertiary/aromatic N) is 3. The van der Waals surface area contributed by atoms with Gasteiger partial charge in [-0.15, -0.1) is 0 Å². The number of hydrogen-bond donors (Lipinski definition) is 2. The molecule has 0 saturated heterocycles. The number of benzene rings is 1. The van der Waals surface area contributed by atoms with Crippen LogP contribution in [0.4, 0.5) is 5.82 Å². The van der Waals surface area contributed by atoms with Crippen LogP contribution in [-0.4, -0.2) is 33.4 Å². The number of hydrogen-bond acceptors (Lipinski definition) is 6. The van der Waals surface area contributed by atoms with Crippen molar-refractivity contribution in [2.75, 3.05) is 19.3 Å². The largest absolute Gasteiger partial charge is 0.470 e. The second-order valence-electron chi connectivity index (χ2n) is 7.21. The van der Waals surface area contributed by atoms with E-state index in [0.29, 0.717) is 5.69 Å². The molecule has 0 spiro atoms. The summed E-state index contributed by atoms with van der Waals surface area (Å²) < 4.78 is 5.74. The molecule has 28 heavy (non-hydrogen) atoms. The molecule has 1 aliphatic heterocycles. The molecule has 0 amide bonds. The number of anilines is 1. The van der Waals surface area contributed by atoms with Gasteiger partial charge in [0.2, 0.25) is 5.56 Å². The molecule has 1 aliphatic rings. The number of aromatic amines is 1. The van der Waals surface area contributed by atoms with Gasteiger partial charge in [-0.2, -0.15) is 0 Å². The summed E-state index contributed by atoms with van der Waals surface area (Å²) in [6, 6.07) is 7.58. The summed E-state index contributed by atoms with van der Waals surface area (Å²) in [5.74, 6) is 0.494. The first-order valence-corrected chi connectivity index (χ1v) is 9.24. The van der Waals surface area contributed by atoms with Crippen molar-refractivity contribution < 1.29 is 4.74 Å². The van der Waals surface area contributed by atoms with E-state index in [0.717, 1.165) is 30.6 Å². The molecule has 0 bridgehead atoms. The molecule has 4 rings (SSSR count). The molecule has 0 atom stereocenters. The van der Waals surface area contributed by atoms with Crippen LogP contribution in [0.1, 0.15) is 22.3 Å². The lowest BCUT2D eigenvalue weighted by Crippen LogP contribution is -2.27. The number of nitrogens with one attached hydrogen (secondary N) is 1. The molecule has 3 aromatic rings. The summed E-state index contributed by atoms with van der Waals surface area (Å²) in [5, 5.41) is 0. The number of pyridine rings is 1. The summed E-state index contributed by atoms with van der Waals surface area (Å²) in [4.78, 5) is 25.1. The number of H-pyrrole nitrogens is 1. The van der Waals surface area contributed by atoms with Crippen molar-refractivity contribution in [2.24, 2.45) is 0 Å². The Morgan fingerprint density at radius 1 is 1.32 bits per heavy atom. The number of aryl methyl sites for hydroxylation is 1. The van der Waals surface area contributed by atoms with E-state index in [-0.39, 0.29) is 23.9 Å². The maximum atomic E-state index is 11.4. The maximum Gasteiger partial charge on any atom is 0.258 e. The smallest absolute Gasteiger partial charge is 0.258 e. The van der Waals surface area contributed by atoms with E-state index in [1.807, 2.05) is 0 Å². The van der Waals surface area contributed by atoms with Crippen LogP contribution in [0.3, 0.4) is 0 Å². The Bertz CT molecular complexity index is 1080. The quantitative estimate of drug-likeness (QED) is 0.724. The van der Waals surface area contributed by atoms with Crippen molar-refractivity contribution in [2.45, 2.75) is 26.5 Å². The van der Waals surface area contributed by atoms with Crippen molar-refractivity contribution in [1.29, 1.82) is 0 Å². The lowest BCUT2D eigenvalue weighted by Gasteiger charge is -2.27. The molecule has 3 heterocycles. The first-order valence-electron chi connectivity index (χ1n) is 9.24. The highest BCUT2D eigenvalue weighted by molar-refractivity contribution is 5.64. The van der Waals surface area contributed by atoms with Crippen molar-refractivity contribution in [3.8, 4) is 17.1 Å². The Hall–Kier alpha value is -3.19. The van der Waals surface area contributed by atoms with Gasteiger partial charge in [0.25, 0.3) is 5.88 Å². The molecule has 1 aromatic carbocycles. The molecule has 0 saturated carbocycles. The highest BCUT2D eigenvalue weighted by atomic mass is 16.5. The molecular formula is C21H23N5O2. The molecule has 7 nitrogen and oxygen atoms in total. The summed E-state index contributed by atoms with van der Waals surface area (Å²) in [6.07, 6.45) is 4.32. The number of likely N-dealkylation sites (N-methyl/N-ethyl adjacent to an activating group) is 1. The fourth-order valence-corrected chi connectivity index (χ4v) is 3.57. The number of ether oxygens (including phenoxy) is 1. The molecule has 0 unspecified atom stereocenters. The first kappa shape index (κ1) is 18.2. The molecule has 7 heteroatoms. The fraction of sp³-hybridized carbons (Fsp3) is 0.286. The SMILES string of the molecule is Cc1cc(-c2cnc(N)c(OCc3cc[nH]c(=O)c3)n2)cc2c1CCN(C)C2. The average molecular weight is 377 g/mol. The summed E-state index contributed by atoms with van der Waals surface area (Å²) in [6.45, 7) is 4.34. The zero-order valence-electron chi connectivity index (χ0n) is 16.0. The second kappa shape index (κ2) is 7.44. The van der Waals surface area contributed by atoms with Crippen LogP contribution in [0.5, 0.6) is 5.88 Å². The lowest BCUT2D eigenvalue weighted by molar-refractivity contribution is 0.295. The zero-order valence-corrected chi connectivity index (χ0v) is 16.0. The van der Waals surface area contributed by atoms with Gasteiger partial charge in [0.05, 0.1) is 11.9 Å². The van der Waals surface area contributed by atoms with Gasteiger partial charge in [-0.3, -0.25) is 4.79 Å². The number of rotatable bonds is 4. The van der Waals surface area contributed by atoms with E-state index in [2.05, 4.69) is 46.0 Å². The van der Waals surface area contributed by atoms with Crippen molar-refractivity contribution in [3.63, 3.8) is 0 Å². The average Bonchev–Trinajstić information content (AvgIpc) is 2.67. The molecule has 3 N–H and O–H groups in total. The van der Waals surface area contributed by atoms with Crippen molar-refractivity contribution in [1.82, 2.24) is 19.9 Å². The highest BCUT2D eigenvalue weighted by Crippen LogP contribution is 2.29. The van der Waals surface area contributed by atoms with Gasteiger partial charge in [-0.1, -0.05) is 0 Å². The topological polar surface area (TPSA) is 97.1 Å². The van der Waals surface area contributed by atoms with E-state index in [1.54, 1.807) is 18.5 Å². The van der Waals surface area contributed by atoms with Crippen LogP contribution in [0.15, 0.2) is 41.5 Å². The van der Waals surface area contributed by atoms with Crippen LogP contribution in [0.25, 0.3) is 11.3 Å². The van der Waals surface area contributed by atoms with Gasteiger partial charge in [-0.25, -0.2) is 9.97 Å². The normalized spacial score (nSPS) is 13.9. The Morgan fingerprint density at radius 2 is 2.18 bits per heavy atom. The number of nitrogens with two attached hydrogens (primary N) is 1. The Balaban J connectivity index is 1.62. The van der Waals surface area contributed by atoms with Crippen LogP contribution >= 0.6 is 0 Å². The summed E-state index contributed by atoms with van der Waals surface area (Å²) in [7, 11) is 2.13. The van der Waals surface area contributed by atoms with Gasteiger partial charge in [0, 0.05) is 30.9 Å². The number of nitrogen functional groups attached to an aromatic ring is 1. The number of fused-ring (bicyclic) bond motifs is 1. The minimum Gasteiger partial charge on any atom is -0.470 e. The van der Waals surface area contributed by atoms with E-state index in [1.165, 1.54) is 22.8 Å². The lowest BCUT2D eigenvalue weighted by atomic mass is 9.92. The van der Waals surface area contributed by atoms with Gasteiger partial charge in [-0.05, 0) is 60.8 Å². The zero-order chi connectivity index (χ0) is 19.7. The molecule has 0 radical (unpaired) electrons. The van der Waals surface area contributed by atoms with Crippen LogP contribution in [0, 0.1) is 6.92 Å². The monoisotopic (exact) mass is 377 g/mol. The minimum atomic E-state index is -0.177. The van der Waals surface area contributed by atoms with Crippen LogP contribution < -0.4 is 16.0 Å². The third kappa shape index (κ3) is 3.75. The molecule has 0 aliphatic carbocycles. The molecule has 144 valence electrons. The van der Waals surface area contributed by atoms with E-state index in [9.17, 15) is 4.79 Å². The van der Waals surface area contributed by atoms with Gasteiger partial charge < -0.3 is 20.4 Å². The summed E-state index contributed by atoms with van der Waals surface area (Å²) >= 11 is 0.